The molecule has 0 saturated carbocycles. The molecule has 199 valence electrons. The van der Waals surface area contributed by atoms with Gasteiger partial charge in [0.25, 0.3) is 0 Å². The molecule has 1 N–H and O–H groups in total. The minimum absolute atomic E-state index is 0. The van der Waals surface area contributed by atoms with E-state index in [-0.39, 0.29) is 31.6 Å². The summed E-state index contributed by atoms with van der Waals surface area (Å²) >= 11 is 0. The van der Waals surface area contributed by atoms with E-state index in [1.54, 1.807) is 0 Å². The third-order valence-corrected chi connectivity index (χ3v) is 6.99. The summed E-state index contributed by atoms with van der Waals surface area (Å²) in [6, 6.07) is 32.5. The molecule has 0 spiro atoms. The number of allylic oxidation sites excluding steroid dienone is 2. The van der Waals surface area contributed by atoms with Crippen molar-refractivity contribution in [3.05, 3.63) is 103 Å². The molecule has 0 fully saturated rings. The van der Waals surface area contributed by atoms with Crippen molar-refractivity contribution in [1.82, 2.24) is 4.40 Å². The Balaban J connectivity index is 0.000000345. The summed E-state index contributed by atoms with van der Waals surface area (Å²) in [6.07, 6.45) is 1.17. The Bertz CT molecular complexity index is 1770. The van der Waals surface area contributed by atoms with Crippen LogP contribution in [-0.2, 0) is 24.9 Å². The summed E-state index contributed by atoms with van der Waals surface area (Å²) in [7, 11) is 0. The number of rotatable bonds is 3. The molecule has 6 aromatic rings. The van der Waals surface area contributed by atoms with Crippen LogP contribution in [-0.4, -0.2) is 21.3 Å². The largest absolute Gasteiger partial charge is 0.512 e. The maximum Gasteiger partial charge on any atom is 0.155 e. The standard InChI is InChI=1S/C28H21N3.C5H8O2.Ir/c1-18(2)29-17-30(27-14-8-7-13-26(27)29)19-15-22-20-9-3-5-11-24(20)31-25-12-6-4-10-21(25)23(16-19)28(22)31;1-4(6)3-5(2)7;/h3-15,17-18H,1-2H3;3,6H,1-2H3;/q-2;;/b;4-3-;. The van der Waals surface area contributed by atoms with E-state index in [0.29, 0.717) is 6.04 Å². The number of carbonyl (C=O) groups excluding carboxylic acids is 1. The smallest absolute Gasteiger partial charge is 0.155 e. The molecular formula is C33H29IrN3O2-2. The number of aromatic nitrogens is 1. The topological polar surface area (TPSA) is 48.2 Å². The van der Waals surface area contributed by atoms with Crippen LogP contribution in [0.1, 0.15) is 27.7 Å². The van der Waals surface area contributed by atoms with E-state index in [1.165, 1.54) is 69.4 Å². The maximum absolute atomic E-state index is 10.0. The van der Waals surface area contributed by atoms with Crippen molar-refractivity contribution in [3.63, 3.8) is 0 Å². The first-order chi connectivity index (χ1) is 18.3. The Hall–Kier alpha value is -3.86. The van der Waals surface area contributed by atoms with Crippen molar-refractivity contribution in [2.75, 3.05) is 9.80 Å². The maximum atomic E-state index is 10.0. The number of carbonyl (C=O) groups is 1. The van der Waals surface area contributed by atoms with Crippen molar-refractivity contribution in [3.8, 4) is 0 Å². The summed E-state index contributed by atoms with van der Waals surface area (Å²) in [5.41, 5.74) is 7.28. The van der Waals surface area contributed by atoms with Gasteiger partial charge in [-0.1, -0.05) is 65.0 Å². The van der Waals surface area contributed by atoms with E-state index in [1.807, 2.05) is 0 Å². The number of benzene rings is 4. The number of aliphatic hydroxyl groups is 1. The first-order valence-corrected chi connectivity index (χ1v) is 12.8. The second kappa shape index (κ2) is 10.4. The molecule has 5 nitrogen and oxygen atoms in total. The van der Waals surface area contributed by atoms with Crippen molar-refractivity contribution >= 4 is 60.9 Å². The van der Waals surface area contributed by atoms with Crippen LogP contribution in [0, 0.1) is 12.7 Å². The van der Waals surface area contributed by atoms with Crippen LogP contribution in [0.25, 0.3) is 38.1 Å². The second-order valence-corrected chi connectivity index (χ2v) is 10.0. The average Bonchev–Trinajstić information content (AvgIpc) is 3.55. The predicted octanol–water partition coefficient (Wildman–Crippen LogP) is 8.16. The molecule has 0 bridgehead atoms. The third-order valence-electron chi connectivity index (χ3n) is 6.99. The molecule has 3 heterocycles. The Morgan fingerprint density at radius 1 is 0.872 bits per heavy atom. The van der Waals surface area contributed by atoms with Crippen molar-refractivity contribution < 1.29 is 30.0 Å². The molecule has 1 aliphatic heterocycles. The summed E-state index contributed by atoms with van der Waals surface area (Å²) in [5.74, 6) is -0.0625. The van der Waals surface area contributed by atoms with Gasteiger partial charge in [0.05, 0.1) is 5.76 Å². The van der Waals surface area contributed by atoms with Crippen LogP contribution >= 0.6 is 0 Å². The van der Waals surface area contributed by atoms with E-state index in [9.17, 15) is 4.79 Å². The van der Waals surface area contributed by atoms with Gasteiger partial charge in [0, 0.05) is 48.6 Å². The monoisotopic (exact) mass is 692 g/mol. The van der Waals surface area contributed by atoms with Gasteiger partial charge >= 0.3 is 0 Å². The van der Waals surface area contributed by atoms with Crippen LogP contribution in [0.15, 0.2) is 90.7 Å². The summed E-state index contributed by atoms with van der Waals surface area (Å²) < 4.78 is 2.40. The number of hydrogen-bond donors (Lipinski definition) is 1. The fourth-order valence-corrected chi connectivity index (χ4v) is 5.51. The fourth-order valence-electron chi connectivity index (χ4n) is 5.51. The minimum Gasteiger partial charge on any atom is -0.512 e. The van der Waals surface area contributed by atoms with E-state index in [0.717, 1.165) is 5.69 Å². The number of para-hydroxylation sites is 4. The van der Waals surface area contributed by atoms with E-state index in [4.69, 9.17) is 5.11 Å². The average molecular weight is 692 g/mol. The number of hydrogen-bond acceptors (Lipinski definition) is 4. The Morgan fingerprint density at radius 2 is 1.46 bits per heavy atom. The molecule has 0 atom stereocenters. The van der Waals surface area contributed by atoms with Gasteiger partial charge in [-0.15, -0.1) is 17.5 Å². The van der Waals surface area contributed by atoms with Crippen LogP contribution in [0.4, 0.5) is 17.1 Å². The van der Waals surface area contributed by atoms with Gasteiger partial charge in [0.2, 0.25) is 0 Å². The molecular weight excluding hydrogens is 663 g/mol. The molecule has 7 rings (SSSR count). The van der Waals surface area contributed by atoms with E-state index in [2.05, 4.69) is 120 Å². The van der Waals surface area contributed by atoms with Gasteiger partial charge in [0.15, 0.2) is 5.78 Å². The Kier molecular flexibility index (Phi) is 7.11. The Morgan fingerprint density at radius 3 is 2.08 bits per heavy atom. The van der Waals surface area contributed by atoms with Gasteiger partial charge < -0.3 is 19.3 Å². The second-order valence-electron chi connectivity index (χ2n) is 10.0. The molecule has 0 amide bonds. The van der Waals surface area contributed by atoms with Crippen LogP contribution in [0.2, 0.25) is 0 Å². The number of aliphatic hydroxyl groups excluding tert-OH is 1. The van der Waals surface area contributed by atoms with Crippen LogP contribution in [0.5, 0.6) is 0 Å². The SMILES string of the molecule is CC(=O)/C=C(/C)O.CC(C)N1[CH-]N(c2[c-]c3c4ccccc4n4c5ccccc5c(c2)c34)c2ccccc21.[Ir]. The van der Waals surface area contributed by atoms with Gasteiger partial charge in [-0.2, -0.15) is 6.67 Å². The Labute approximate surface area is 241 Å². The predicted molar refractivity (Wildman–Crippen MR) is 157 cm³/mol. The molecule has 0 aliphatic carbocycles. The van der Waals surface area contributed by atoms with Crippen molar-refractivity contribution in [2.45, 2.75) is 33.7 Å². The molecule has 0 unspecified atom stereocenters. The van der Waals surface area contributed by atoms with Gasteiger partial charge in [-0.05, 0) is 68.9 Å². The van der Waals surface area contributed by atoms with Gasteiger partial charge in [0.1, 0.15) is 0 Å². The van der Waals surface area contributed by atoms with Crippen LogP contribution < -0.4 is 9.80 Å². The molecule has 0 saturated heterocycles. The first kappa shape index (κ1) is 26.7. The number of anilines is 3. The van der Waals surface area contributed by atoms with Crippen molar-refractivity contribution in [1.29, 1.82) is 0 Å². The zero-order chi connectivity index (χ0) is 26.6. The summed E-state index contributed by atoms with van der Waals surface area (Å²) in [5, 5.41) is 13.4. The van der Waals surface area contributed by atoms with E-state index >= 15 is 0 Å². The van der Waals surface area contributed by atoms with Gasteiger partial charge in [-0.3, -0.25) is 4.79 Å². The molecule has 2 aromatic heterocycles. The van der Waals surface area contributed by atoms with Crippen molar-refractivity contribution in [2.24, 2.45) is 0 Å². The fraction of sp³-hybridized carbons (Fsp3) is 0.152. The molecule has 6 heteroatoms. The zero-order valence-electron chi connectivity index (χ0n) is 22.3. The molecule has 4 aromatic carbocycles. The van der Waals surface area contributed by atoms with Crippen LogP contribution in [0.3, 0.4) is 0 Å². The third kappa shape index (κ3) is 4.44. The van der Waals surface area contributed by atoms with E-state index < -0.39 is 0 Å². The van der Waals surface area contributed by atoms with Gasteiger partial charge in [-0.25, -0.2) is 0 Å². The normalized spacial score (nSPS) is 13.3. The number of nitrogens with zero attached hydrogens (tertiary/aromatic N) is 3. The summed E-state index contributed by atoms with van der Waals surface area (Å²) in [6.45, 7) is 9.53. The number of fused-ring (bicyclic) bond motifs is 7. The molecule has 1 aliphatic rings. The minimum atomic E-state index is -0.125. The quantitative estimate of drug-likeness (QED) is 0.116. The zero-order valence-corrected chi connectivity index (χ0v) is 24.7. The summed E-state index contributed by atoms with van der Waals surface area (Å²) in [4.78, 5) is 14.6. The number of ketones is 1. The molecule has 39 heavy (non-hydrogen) atoms. The first-order valence-electron chi connectivity index (χ1n) is 12.8. The molecule has 1 radical (unpaired) electrons.